The topological polar surface area (TPSA) is 57.8 Å². The smallest absolute Gasteiger partial charge is 0.230 e. The maximum Gasteiger partial charge on any atom is 0.230 e. The summed E-state index contributed by atoms with van der Waals surface area (Å²) in [6, 6.07) is 0. The number of carbonyl (C=O) groups is 1. The molecule has 0 radical (unpaired) electrons. The van der Waals surface area contributed by atoms with Gasteiger partial charge in [0, 0.05) is 34.9 Å². The fraction of sp³-hybridized carbons (Fsp3) is 0.400. The Balaban J connectivity index is 0.000000701. The maximum absolute atomic E-state index is 12.0. The van der Waals surface area contributed by atoms with Crippen molar-refractivity contribution in [2.45, 2.75) is 46.0 Å². The molecule has 0 aromatic carbocycles. The Labute approximate surface area is 154 Å². The quantitative estimate of drug-likeness (QED) is 0.752. The number of aromatic nitrogens is 2. The number of nitrogens with zero attached hydrogens (tertiary/aromatic N) is 1. The molecule has 2 aromatic heterocycles. The summed E-state index contributed by atoms with van der Waals surface area (Å²) in [6.45, 7) is 10.8. The lowest BCUT2D eigenvalue weighted by Gasteiger charge is -2.19. The van der Waals surface area contributed by atoms with Gasteiger partial charge < -0.3 is 10.3 Å². The second-order valence-corrected chi connectivity index (χ2v) is 6.99. The molecule has 1 atom stereocenters. The van der Waals surface area contributed by atoms with E-state index in [1.807, 2.05) is 30.7 Å². The average Bonchev–Trinajstić information content (AvgIpc) is 3.21. The van der Waals surface area contributed by atoms with Crippen LogP contribution in [0.1, 0.15) is 55.3 Å². The number of aryl methyl sites for hydroxylation is 1. The second kappa shape index (κ2) is 9.37. The number of carbonyl (C=O) groups excluding carboxylic acids is 1. The van der Waals surface area contributed by atoms with Gasteiger partial charge in [0.2, 0.25) is 5.91 Å². The Morgan fingerprint density at radius 3 is 2.88 bits per heavy atom. The van der Waals surface area contributed by atoms with Crippen LogP contribution in [0.3, 0.4) is 0 Å². The highest BCUT2D eigenvalue weighted by molar-refractivity contribution is 7.10. The predicted octanol–water partition coefficient (Wildman–Crippen LogP) is 5.06. The molecule has 1 fully saturated rings. The van der Waals surface area contributed by atoms with Gasteiger partial charge in [0.05, 0.1) is 11.6 Å². The van der Waals surface area contributed by atoms with E-state index in [9.17, 15) is 4.79 Å². The van der Waals surface area contributed by atoms with Gasteiger partial charge in [0.25, 0.3) is 0 Å². The van der Waals surface area contributed by atoms with Gasteiger partial charge >= 0.3 is 0 Å². The van der Waals surface area contributed by atoms with E-state index in [0.717, 1.165) is 46.9 Å². The van der Waals surface area contributed by atoms with E-state index < -0.39 is 0 Å². The SMILES string of the molecule is C=C/C=C\c1c(-c2csc(C3CCCNC3=O)n2)c[nH]c1C.CCC. The summed E-state index contributed by atoms with van der Waals surface area (Å²) < 4.78 is 0. The van der Waals surface area contributed by atoms with Crippen molar-refractivity contribution in [3.8, 4) is 11.3 Å². The van der Waals surface area contributed by atoms with Gasteiger partial charge in [-0.1, -0.05) is 45.1 Å². The zero-order valence-electron chi connectivity index (χ0n) is 15.3. The first kappa shape index (κ1) is 19.2. The van der Waals surface area contributed by atoms with Crippen LogP contribution in [0, 0.1) is 6.92 Å². The summed E-state index contributed by atoms with van der Waals surface area (Å²) in [5.74, 6) is 0.00359. The van der Waals surface area contributed by atoms with E-state index in [-0.39, 0.29) is 11.8 Å². The van der Waals surface area contributed by atoms with Gasteiger partial charge in [-0.15, -0.1) is 11.3 Å². The van der Waals surface area contributed by atoms with Crippen LogP contribution in [0.25, 0.3) is 17.3 Å². The van der Waals surface area contributed by atoms with E-state index in [0.29, 0.717) is 0 Å². The lowest BCUT2D eigenvalue weighted by Crippen LogP contribution is -2.34. The monoisotopic (exact) mass is 357 g/mol. The summed E-state index contributed by atoms with van der Waals surface area (Å²) in [5, 5.41) is 5.86. The molecule has 2 aromatic rings. The molecule has 134 valence electrons. The van der Waals surface area contributed by atoms with Gasteiger partial charge in [-0.2, -0.15) is 0 Å². The summed E-state index contributed by atoms with van der Waals surface area (Å²) >= 11 is 1.57. The van der Waals surface area contributed by atoms with Crippen LogP contribution in [0.4, 0.5) is 0 Å². The number of hydrogen-bond donors (Lipinski definition) is 2. The van der Waals surface area contributed by atoms with Crippen LogP contribution in [0.2, 0.25) is 0 Å². The van der Waals surface area contributed by atoms with Crippen LogP contribution >= 0.6 is 11.3 Å². The zero-order chi connectivity index (χ0) is 18.2. The molecule has 5 heteroatoms. The minimum Gasteiger partial charge on any atom is -0.364 e. The van der Waals surface area contributed by atoms with E-state index >= 15 is 0 Å². The molecule has 1 saturated heterocycles. The van der Waals surface area contributed by atoms with Crippen LogP contribution in [-0.2, 0) is 4.79 Å². The van der Waals surface area contributed by atoms with Crippen LogP contribution in [0.15, 0.2) is 30.3 Å². The van der Waals surface area contributed by atoms with Crippen molar-refractivity contribution >= 4 is 23.3 Å². The Morgan fingerprint density at radius 1 is 1.44 bits per heavy atom. The number of piperidine rings is 1. The zero-order valence-corrected chi connectivity index (χ0v) is 16.1. The molecule has 1 unspecified atom stereocenters. The summed E-state index contributed by atoms with van der Waals surface area (Å²) in [4.78, 5) is 19.9. The first-order chi connectivity index (χ1) is 12.1. The van der Waals surface area contributed by atoms with E-state index in [1.54, 1.807) is 17.4 Å². The van der Waals surface area contributed by atoms with Crippen molar-refractivity contribution in [1.82, 2.24) is 15.3 Å². The van der Waals surface area contributed by atoms with E-state index in [4.69, 9.17) is 4.98 Å². The van der Waals surface area contributed by atoms with E-state index in [1.165, 1.54) is 6.42 Å². The Bertz CT molecular complexity index is 742. The standard InChI is InChI=1S/C17H19N3OS.C3H8/c1-3-4-6-12-11(2)19-9-14(12)15-10-22-17(20-15)13-7-5-8-18-16(13)21;1-3-2/h3-4,6,9-10,13,19H,1,5,7-8H2,2H3,(H,18,21);3H2,1-2H3/b6-4-;. The van der Waals surface area contributed by atoms with Crippen molar-refractivity contribution in [3.05, 3.63) is 46.6 Å². The number of rotatable bonds is 4. The number of amides is 1. The van der Waals surface area contributed by atoms with Crippen molar-refractivity contribution in [3.63, 3.8) is 0 Å². The number of nitrogens with one attached hydrogen (secondary N) is 2. The Hall–Kier alpha value is -2.14. The second-order valence-electron chi connectivity index (χ2n) is 6.10. The first-order valence-electron chi connectivity index (χ1n) is 8.82. The molecule has 1 amide bonds. The first-order valence-corrected chi connectivity index (χ1v) is 9.70. The molecule has 0 aliphatic carbocycles. The molecule has 1 aliphatic heterocycles. The van der Waals surface area contributed by atoms with Gasteiger partial charge in [-0.25, -0.2) is 4.98 Å². The van der Waals surface area contributed by atoms with Gasteiger partial charge in [0.15, 0.2) is 0 Å². The third kappa shape index (κ3) is 4.69. The highest BCUT2D eigenvalue weighted by atomic mass is 32.1. The van der Waals surface area contributed by atoms with Crippen molar-refractivity contribution < 1.29 is 4.79 Å². The van der Waals surface area contributed by atoms with Crippen LogP contribution < -0.4 is 5.32 Å². The molecule has 3 heterocycles. The third-order valence-corrected chi connectivity index (χ3v) is 4.87. The minimum absolute atomic E-state index is 0.0975. The van der Waals surface area contributed by atoms with Crippen molar-refractivity contribution in [2.75, 3.05) is 6.54 Å². The molecule has 0 saturated carbocycles. The van der Waals surface area contributed by atoms with Gasteiger partial charge in [0.1, 0.15) is 5.01 Å². The number of thiazole rings is 1. The summed E-state index contributed by atoms with van der Waals surface area (Å²) in [7, 11) is 0. The van der Waals surface area contributed by atoms with Crippen molar-refractivity contribution in [1.29, 1.82) is 0 Å². The molecule has 25 heavy (non-hydrogen) atoms. The normalized spacial score (nSPS) is 17.1. The molecule has 0 bridgehead atoms. The van der Waals surface area contributed by atoms with Crippen LogP contribution in [0.5, 0.6) is 0 Å². The Morgan fingerprint density at radius 2 is 2.20 bits per heavy atom. The average molecular weight is 358 g/mol. The largest absolute Gasteiger partial charge is 0.364 e. The van der Waals surface area contributed by atoms with Gasteiger partial charge in [-0.05, 0) is 19.8 Å². The van der Waals surface area contributed by atoms with Gasteiger partial charge in [-0.3, -0.25) is 4.79 Å². The highest BCUT2D eigenvalue weighted by Gasteiger charge is 2.26. The summed E-state index contributed by atoms with van der Waals surface area (Å²) in [6.07, 6.45) is 10.8. The lowest BCUT2D eigenvalue weighted by atomic mass is 9.99. The maximum atomic E-state index is 12.0. The molecule has 2 N–H and O–H groups in total. The molecule has 3 rings (SSSR count). The van der Waals surface area contributed by atoms with Crippen molar-refractivity contribution in [2.24, 2.45) is 0 Å². The fourth-order valence-corrected chi connectivity index (χ4v) is 3.66. The third-order valence-electron chi connectivity index (χ3n) is 3.91. The van der Waals surface area contributed by atoms with E-state index in [2.05, 4.69) is 30.7 Å². The van der Waals surface area contributed by atoms with Crippen LogP contribution in [-0.4, -0.2) is 22.4 Å². The number of hydrogen-bond acceptors (Lipinski definition) is 3. The molecular formula is C20H27N3OS. The fourth-order valence-electron chi connectivity index (χ4n) is 2.71. The lowest BCUT2D eigenvalue weighted by molar-refractivity contribution is -0.123. The molecule has 1 aliphatic rings. The Kier molecular flexibility index (Phi) is 7.19. The summed E-state index contributed by atoms with van der Waals surface area (Å²) in [5.41, 5.74) is 4.20. The highest BCUT2D eigenvalue weighted by Crippen LogP contribution is 2.33. The number of H-pyrrole nitrogens is 1. The molecular weight excluding hydrogens is 330 g/mol. The number of aromatic amines is 1. The molecule has 0 spiro atoms. The molecule has 4 nitrogen and oxygen atoms in total. The predicted molar refractivity (Wildman–Crippen MR) is 107 cm³/mol. The minimum atomic E-state index is -0.0975. The number of allylic oxidation sites excluding steroid dienone is 2.